The zero-order valence-electron chi connectivity index (χ0n) is 11.3. The van der Waals surface area contributed by atoms with Crippen molar-refractivity contribution in [2.45, 2.75) is 13.0 Å². The van der Waals surface area contributed by atoms with E-state index in [1.54, 1.807) is 13.1 Å². The Bertz CT molecular complexity index is 580. The molecule has 2 aromatic rings. The number of nitrogens with one attached hydrogen (secondary N) is 1. The summed E-state index contributed by atoms with van der Waals surface area (Å²) in [4.78, 5) is 16.0. The fourth-order valence-corrected chi connectivity index (χ4v) is 2.16. The molecule has 1 atom stereocenters. The summed E-state index contributed by atoms with van der Waals surface area (Å²) in [7, 11) is 1.89. The van der Waals surface area contributed by atoms with E-state index in [0.29, 0.717) is 6.61 Å². The van der Waals surface area contributed by atoms with Gasteiger partial charge in [0.25, 0.3) is 0 Å². The number of nitrogens with zero attached hydrogens (tertiary/aromatic N) is 2. The Balaban J connectivity index is 2.31. The van der Waals surface area contributed by atoms with Crippen LogP contribution in [0, 0.1) is 0 Å². The minimum Gasteiger partial charge on any atom is -0.450 e. The number of hydrogen-bond acceptors (Lipinski definition) is 3. The average Bonchev–Trinajstić information content (AvgIpc) is 2.84. The molecule has 6 heteroatoms. The topological polar surface area (TPSA) is 56.1 Å². The van der Waals surface area contributed by atoms with Gasteiger partial charge in [-0.25, -0.2) is 9.78 Å². The second kappa shape index (κ2) is 6.56. The predicted octanol–water partition coefficient (Wildman–Crippen LogP) is 3.02. The normalized spacial score (nSPS) is 11.9. The Kier molecular flexibility index (Phi) is 4.79. The summed E-state index contributed by atoms with van der Waals surface area (Å²) < 4.78 is 7.82. The van der Waals surface area contributed by atoms with Gasteiger partial charge in [-0.05, 0) is 24.6 Å². The molecule has 0 fully saturated rings. The highest BCUT2D eigenvalue weighted by molar-refractivity contribution is 9.10. The zero-order valence-corrected chi connectivity index (χ0v) is 12.9. The van der Waals surface area contributed by atoms with Crippen molar-refractivity contribution in [2.24, 2.45) is 7.05 Å². The van der Waals surface area contributed by atoms with Gasteiger partial charge in [-0.15, -0.1) is 0 Å². The van der Waals surface area contributed by atoms with Crippen molar-refractivity contribution in [2.75, 3.05) is 6.61 Å². The second-order valence-electron chi connectivity index (χ2n) is 4.25. The number of aromatic nitrogens is 2. The van der Waals surface area contributed by atoms with Crippen LogP contribution in [-0.2, 0) is 11.8 Å². The first-order chi connectivity index (χ1) is 9.61. The molecule has 0 aliphatic heterocycles. The fourth-order valence-electron chi connectivity index (χ4n) is 1.90. The molecule has 0 radical (unpaired) electrons. The van der Waals surface area contributed by atoms with Gasteiger partial charge in [-0.1, -0.05) is 28.1 Å². The zero-order chi connectivity index (χ0) is 14.5. The fraction of sp³-hybridized carbons (Fsp3) is 0.286. The molecule has 5 nitrogen and oxygen atoms in total. The van der Waals surface area contributed by atoms with Crippen LogP contribution in [0.4, 0.5) is 4.79 Å². The van der Waals surface area contributed by atoms with E-state index in [2.05, 4.69) is 26.2 Å². The van der Waals surface area contributed by atoms with Crippen molar-refractivity contribution < 1.29 is 9.53 Å². The van der Waals surface area contributed by atoms with Crippen molar-refractivity contribution >= 4 is 22.0 Å². The third-order valence-electron chi connectivity index (χ3n) is 2.86. The Morgan fingerprint density at radius 2 is 2.15 bits per heavy atom. The number of aryl methyl sites for hydroxylation is 1. The van der Waals surface area contributed by atoms with Gasteiger partial charge in [0.1, 0.15) is 11.9 Å². The lowest BCUT2D eigenvalue weighted by molar-refractivity contribution is 0.149. The van der Waals surface area contributed by atoms with Crippen LogP contribution in [0.25, 0.3) is 0 Å². The van der Waals surface area contributed by atoms with Gasteiger partial charge in [0.15, 0.2) is 0 Å². The summed E-state index contributed by atoms with van der Waals surface area (Å²) in [6, 6.07) is 7.39. The molecule has 1 unspecified atom stereocenters. The first-order valence-electron chi connectivity index (χ1n) is 6.27. The van der Waals surface area contributed by atoms with Gasteiger partial charge in [0.2, 0.25) is 0 Å². The molecule has 1 aromatic carbocycles. The second-order valence-corrected chi connectivity index (χ2v) is 5.16. The van der Waals surface area contributed by atoms with Gasteiger partial charge in [-0.3, -0.25) is 0 Å². The first-order valence-corrected chi connectivity index (χ1v) is 7.07. The van der Waals surface area contributed by atoms with Crippen LogP contribution in [-0.4, -0.2) is 22.3 Å². The summed E-state index contributed by atoms with van der Waals surface area (Å²) in [6.45, 7) is 2.11. The Labute approximate surface area is 126 Å². The maximum atomic E-state index is 11.7. The highest BCUT2D eigenvalue weighted by Crippen LogP contribution is 2.22. The molecular formula is C14H16BrN3O2. The molecule has 1 amide bonds. The lowest BCUT2D eigenvalue weighted by Crippen LogP contribution is -2.31. The average molecular weight is 338 g/mol. The minimum atomic E-state index is -0.455. The van der Waals surface area contributed by atoms with Crippen LogP contribution in [0.2, 0.25) is 0 Å². The van der Waals surface area contributed by atoms with Crippen molar-refractivity contribution in [1.29, 1.82) is 0 Å². The third kappa shape index (κ3) is 3.39. The molecule has 0 aliphatic rings. The van der Waals surface area contributed by atoms with E-state index in [4.69, 9.17) is 4.74 Å². The molecule has 0 saturated carbocycles. The number of halogens is 1. The number of imidazole rings is 1. The first kappa shape index (κ1) is 14.6. The van der Waals surface area contributed by atoms with Gasteiger partial charge in [-0.2, -0.15) is 0 Å². The SMILES string of the molecule is CCOC(=O)NC(c1ccc(Br)cc1)c1nccn1C. The Morgan fingerprint density at radius 3 is 2.70 bits per heavy atom. The number of alkyl carbamates (subject to hydrolysis) is 1. The van der Waals surface area contributed by atoms with Crippen molar-refractivity contribution in [3.8, 4) is 0 Å². The third-order valence-corrected chi connectivity index (χ3v) is 3.39. The molecule has 1 aromatic heterocycles. The van der Waals surface area contributed by atoms with Crippen molar-refractivity contribution in [1.82, 2.24) is 14.9 Å². The number of carbonyl (C=O) groups excluding carboxylic acids is 1. The van der Waals surface area contributed by atoms with Crippen molar-refractivity contribution in [3.05, 3.63) is 52.5 Å². The Morgan fingerprint density at radius 1 is 1.45 bits per heavy atom. The molecule has 106 valence electrons. The van der Waals surface area contributed by atoms with E-state index in [0.717, 1.165) is 15.9 Å². The highest BCUT2D eigenvalue weighted by atomic mass is 79.9. The molecular weight excluding hydrogens is 322 g/mol. The van der Waals surface area contributed by atoms with Gasteiger partial charge in [0.05, 0.1) is 6.61 Å². The summed E-state index contributed by atoms with van der Waals surface area (Å²) in [5.74, 6) is 0.750. The number of benzene rings is 1. The van der Waals surface area contributed by atoms with E-state index >= 15 is 0 Å². The number of rotatable bonds is 4. The Hall–Kier alpha value is -1.82. The van der Waals surface area contributed by atoms with Crippen LogP contribution in [0.1, 0.15) is 24.4 Å². The standard InChI is InChI=1S/C14H16BrN3O2/c1-3-20-14(19)17-12(13-16-8-9-18(13)2)10-4-6-11(15)7-5-10/h4-9,12H,3H2,1-2H3,(H,17,19). The maximum Gasteiger partial charge on any atom is 0.407 e. The molecule has 0 aliphatic carbocycles. The summed E-state index contributed by atoms with van der Waals surface area (Å²) in [6.07, 6.45) is 3.09. The van der Waals surface area contributed by atoms with Crippen LogP contribution < -0.4 is 5.32 Å². The molecule has 20 heavy (non-hydrogen) atoms. The largest absolute Gasteiger partial charge is 0.450 e. The van der Waals surface area contributed by atoms with Gasteiger partial charge in [0, 0.05) is 23.9 Å². The number of hydrogen-bond donors (Lipinski definition) is 1. The summed E-state index contributed by atoms with van der Waals surface area (Å²) in [5, 5.41) is 2.84. The van der Waals surface area contributed by atoms with E-state index in [-0.39, 0.29) is 6.04 Å². The van der Waals surface area contributed by atoms with Gasteiger partial charge < -0.3 is 14.6 Å². The van der Waals surface area contributed by atoms with Crippen LogP contribution >= 0.6 is 15.9 Å². The molecule has 1 heterocycles. The van der Waals surface area contributed by atoms with Crippen LogP contribution in [0.3, 0.4) is 0 Å². The lowest BCUT2D eigenvalue weighted by Gasteiger charge is -2.18. The van der Waals surface area contributed by atoms with Crippen molar-refractivity contribution in [3.63, 3.8) is 0 Å². The van der Waals surface area contributed by atoms with E-state index < -0.39 is 6.09 Å². The monoisotopic (exact) mass is 337 g/mol. The maximum absolute atomic E-state index is 11.7. The van der Waals surface area contributed by atoms with Gasteiger partial charge >= 0.3 is 6.09 Å². The lowest BCUT2D eigenvalue weighted by atomic mass is 10.1. The van der Waals surface area contributed by atoms with E-state index in [1.165, 1.54) is 0 Å². The summed E-state index contributed by atoms with van der Waals surface area (Å²) in [5.41, 5.74) is 0.940. The smallest absolute Gasteiger partial charge is 0.407 e. The summed E-state index contributed by atoms with van der Waals surface area (Å²) >= 11 is 3.40. The highest BCUT2D eigenvalue weighted by Gasteiger charge is 2.21. The van der Waals surface area contributed by atoms with Crippen LogP contribution in [0.5, 0.6) is 0 Å². The quantitative estimate of drug-likeness (QED) is 0.932. The molecule has 0 spiro atoms. The molecule has 2 rings (SSSR count). The van der Waals surface area contributed by atoms with E-state index in [1.807, 2.05) is 42.1 Å². The van der Waals surface area contributed by atoms with Crippen LogP contribution in [0.15, 0.2) is 41.1 Å². The predicted molar refractivity (Wildman–Crippen MR) is 79.4 cm³/mol. The number of ether oxygens (including phenoxy) is 1. The van der Waals surface area contributed by atoms with E-state index in [9.17, 15) is 4.79 Å². The molecule has 0 saturated heterocycles. The molecule has 0 bridgehead atoms. The number of amides is 1. The minimum absolute atomic E-state index is 0.333. The molecule has 1 N–H and O–H groups in total. The number of carbonyl (C=O) groups is 1.